The van der Waals surface area contributed by atoms with Gasteiger partial charge in [-0.3, -0.25) is 18.8 Å². The van der Waals surface area contributed by atoms with E-state index in [2.05, 4.69) is 15.0 Å². The smallest absolute Gasteiger partial charge is 0.264 e. The van der Waals surface area contributed by atoms with Crippen LogP contribution in [0.1, 0.15) is 0 Å². The molecule has 0 saturated heterocycles. The first-order valence-electron chi connectivity index (χ1n) is 11.3. The number of benzene rings is 3. The van der Waals surface area contributed by atoms with E-state index in [0.717, 1.165) is 4.31 Å². The quantitative estimate of drug-likeness (QED) is 0.281. The van der Waals surface area contributed by atoms with Crippen molar-refractivity contribution in [2.24, 2.45) is 0 Å². The number of nitrogens with zero attached hydrogens (tertiary/aromatic N) is 2. The molecule has 0 radical (unpaired) electrons. The molecule has 0 fully saturated rings. The summed E-state index contributed by atoms with van der Waals surface area (Å²) in [7, 11) is -6.72. The second-order valence-corrected chi connectivity index (χ2v) is 12.0. The molecular formula is C26H23ClN4O6S2. The number of rotatable bonds is 10. The predicted molar refractivity (Wildman–Crippen MR) is 149 cm³/mol. The molecule has 4 aromatic rings. The zero-order valence-corrected chi connectivity index (χ0v) is 22.9. The van der Waals surface area contributed by atoms with E-state index in [1.165, 1.54) is 74.1 Å². The summed E-state index contributed by atoms with van der Waals surface area (Å²) in [6.45, 7) is -0.615. The summed E-state index contributed by atoms with van der Waals surface area (Å²) >= 11 is 6.15. The van der Waals surface area contributed by atoms with Gasteiger partial charge in [0.05, 0.1) is 34.5 Å². The van der Waals surface area contributed by atoms with E-state index >= 15 is 0 Å². The van der Waals surface area contributed by atoms with E-state index in [9.17, 15) is 21.6 Å². The number of halogens is 1. The van der Waals surface area contributed by atoms with Crippen LogP contribution in [0.15, 0.2) is 107 Å². The van der Waals surface area contributed by atoms with Crippen LogP contribution in [-0.2, 0) is 24.8 Å². The molecule has 0 aliphatic rings. The Hall–Kier alpha value is -4.13. The van der Waals surface area contributed by atoms with Gasteiger partial charge in [0.1, 0.15) is 12.3 Å². The highest BCUT2D eigenvalue weighted by atomic mass is 35.5. The van der Waals surface area contributed by atoms with Gasteiger partial charge in [-0.05, 0) is 66.7 Å². The average molecular weight is 587 g/mol. The molecule has 10 nitrogen and oxygen atoms in total. The van der Waals surface area contributed by atoms with Crippen molar-refractivity contribution < 1.29 is 26.4 Å². The van der Waals surface area contributed by atoms with Crippen molar-refractivity contribution in [2.45, 2.75) is 9.79 Å². The van der Waals surface area contributed by atoms with E-state index < -0.39 is 32.5 Å². The molecule has 4 rings (SSSR count). The highest BCUT2D eigenvalue weighted by Crippen LogP contribution is 2.35. The maximum Gasteiger partial charge on any atom is 0.264 e. The molecule has 3 aromatic carbocycles. The number of aromatic nitrogens is 1. The zero-order valence-electron chi connectivity index (χ0n) is 20.5. The summed E-state index contributed by atoms with van der Waals surface area (Å²) in [5.41, 5.74) is 0.633. The van der Waals surface area contributed by atoms with Crippen molar-refractivity contribution in [2.75, 3.05) is 28.0 Å². The lowest BCUT2D eigenvalue weighted by Gasteiger charge is -2.26. The summed E-state index contributed by atoms with van der Waals surface area (Å²) in [6, 6.07) is 20.6. The van der Waals surface area contributed by atoms with Crippen LogP contribution in [0.5, 0.6) is 5.75 Å². The van der Waals surface area contributed by atoms with Gasteiger partial charge in [0.2, 0.25) is 5.91 Å². The fraction of sp³-hybridized carbons (Fsp3) is 0.0769. The third-order valence-corrected chi connectivity index (χ3v) is 8.80. The zero-order chi connectivity index (χ0) is 28.0. The van der Waals surface area contributed by atoms with Gasteiger partial charge in [0.15, 0.2) is 0 Å². The third kappa shape index (κ3) is 6.66. The number of methoxy groups -OCH3 is 1. The molecule has 0 spiro atoms. The number of amides is 1. The van der Waals surface area contributed by atoms with Crippen LogP contribution < -0.4 is 19.1 Å². The molecule has 1 aromatic heterocycles. The summed E-state index contributed by atoms with van der Waals surface area (Å²) in [4.78, 5) is 16.9. The lowest BCUT2D eigenvalue weighted by atomic mass is 10.3. The van der Waals surface area contributed by atoms with Crippen LogP contribution in [0.25, 0.3) is 0 Å². The Bertz CT molecular complexity index is 1670. The number of carbonyl (C=O) groups excluding carboxylic acids is 1. The SMILES string of the molecule is COc1ccc(Cl)cc1N(CC(=O)Nc1ccc(S(=O)(=O)Nc2cccnc2)cc1)S(=O)(=O)c1ccccc1. The number of nitrogens with one attached hydrogen (secondary N) is 2. The minimum atomic E-state index is -4.21. The minimum Gasteiger partial charge on any atom is -0.495 e. The minimum absolute atomic E-state index is 0.0319. The lowest BCUT2D eigenvalue weighted by Crippen LogP contribution is -2.38. The number of hydrogen-bond acceptors (Lipinski definition) is 7. The molecule has 13 heteroatoms. The topological polar surface area (TPSA) is 135 Å². The molecule has 0 unspecified atom stereocenters. The van der Waals surface area contributed by atoms with Crippen molar-refractivity contribution in [1.29, 1.82) is 0 Å². The molecule has 0 aliphatic carbocycles. The Labute approximate surface area is 231 Å². The number of pyridine rings is 1. The Morgan fingerprint density at radius 3 is 2.26 bits per heavy atom. The maximum absolute atomic E-state index is 13.6. The Kier molecular flexibility index (Phi) is 8.38. The molecule has 0 saturated carbocycles. The summed E-state index contributed by atoms with van der Waals surface area (Å²) in [6.07, 6.45) is 2.89. The lowest BCUT2D eigenvalue weighted by molar-refractivity contribution is -0.114. The number of sulfonamides is 2. The monoisotopic (exact) mass is 586 g/mol. The third-order valence-electron chi connectivity index (χ3n) is 5.39. The highest BCUT2D eigenvalue weighted by Gasteiger charge is 2.29. The van der Waals surface area contributed by atoms with Crippen LogP contribution in [0.4, 0.5) is 17.1 Å². The summed E-state index contributed by atoms with van der Waals surface area (Å²) in [5.74, 6) is -0.483. The molecule has 0 aliphatic heterocycles. The van der Waals surface area contributed by atoms with Crippen LogP contribution in [-0.4, -0.2) is 41.4 Å². The van der Waals surface area contributed by atoms with Gasteiger partial charge < -0.3 is 10.1 Å². The molecule has 0 bridgehead atoms. The van der Waals surface area contributed by atoms with Gasteiger partial charge in [-0.15, -0.1) is 0 Å². The van der Waals surface area contributed by atoms with Crippen molar-refractivity contribution in [3.63, 3.8) is 0 Å². The Morgan fingerprint density at radius 1 is 0.897 bits per heavy atom. The summed E-state index contributed by atoms with van der Waals surface area (Å²) in [5, 5.41) is 2.85. The molecular weight excluding hydrogens is 564 g/mol. The number of anilines is 3. The fourth-order valence-electron chi connectivity index (χ4n) is 3.56. The molecule has 2 N–H and O–H groups in total. The normalized spacial score (nSPS) is 11.4. The van der Waals surface area contributed by atoms with Gasteiger partial charge in [0, 0.05) is 16.9 Å². The van der Waals surface area contributed by atoms with Crippen molar-refractivity contribution in [3.8, 4) is 5.75 Å². The Morgan fingerprint density at radius 2 is 1.62 bits per heavy atom. The van der Waals surface area contributed by atoms with Crippen molar-refractivity contribution in [3.05, 3.63) is 102 Å². The van der Waals surface area contributed by atoms with Crippen molar-refractivity contribution >= 4 is 54.6 Å². The van der Waals surface area contributed by atoms with Crippen molar-refractivity contribution in [1.82, 2.24) is 4.98 Å². The predicted octanol–water partition coefficient (Wildman–Crippen LogP) is 4.38. The second kappa shape index (κ2) is 11.7. The standard InChI is InChI=1S/C26H23ClN4O6S2/c1-37-25-14-9-19(27)16-24(25)31(39(35,36)23-7-3-2-4-8-23)18-26(32)29-20-10-12-22(13-11-20)38(33,34)30-21-6-5-15-28-17-21/h2-17,30H,18H2,1H3,(H,29,32). The number of carbonyl (C=O) groups is 1. The van der Waals surface area contributed by atoms with Gasteiger partial charge in [-0.25, -0.2) is 16.8 Å². The molecule has 0 atom stereocenters. The fourth-order valence-corrected chi connectivity index (χ4v) is 6.22. The van der Waals surface area contributed by atoms with Crippen LogP contribution in [0.3, 0.4) is 0 Å². The molecule has 1 amide bonds. The van der Waals surface area contributed by atoms with Crippen LogP contribution >= 0.6 is 11.6 Å². The van der Waals surface area contributed by atoms with Gasteiger partial charge in [-0.1, -0.05) is 29.8 Å². The average Bonchev–Trinajstić information content (AvgIpc) is 2.93. The van der Waals surface area contributed by atoms with Crippen LogP contribution in [0.2, 0.25) is 5.02 Å². The first-order valence-corrected chi connectivity index (χ1v) is 14.6. The summed E-state index contributed by atoms with van der Waals surface area (Å²) < 4.78 is 61.1. The van der Waals surface area contributed by atoms with E-state index in [1.807, 2.05) is 0 Å². The number of ether oxygens (including phenoxy) is 1. The Balaban J connectivity index is 1.58. The van der Waals surface area contributed by atoms with Gasteiger partial charge in [-0.2, -0.15) is 0 Å². The molecule has 1 heterocycles. The van der Waals surface area contributed by atoms with E-state index in [4.69, 9.17) is 16.3 Å². The largest absolute Gasteiger partial charge is 0.495 e. The molecule has 202 valence electrons. The maximum atomic E-state index is 13.6. The number of hydrogen-bond donors (Lipinski definition) is 2. The van der Waals surface area contributed by atoms with Gasteiger partial charge >= 0.3 is 0 Å². The van der Waals surface area contributed by atoms with E-state index in [0.29, 0.717) is 5.69 Å². The second-order valence-electron chi connectivity index (χ2n) is 8.06. The van der Waals surface area contributed by atoms with Gasteiger partial charge in [0.25, 0.3) is 20.0 Å². The van der Waals surface area contributed by atoms with E-state index in [-0.39, 0.29) is 31.9 Å². The van der Waals surface area contributed by atoms with Crippen LogP contribution in [0, 0.1) is 0 Å². The molecule has 39 heavy (non-hydrogen) atoms. The first-order chi connectivity index (χ1) is 18.6. The highest BCUT2D eigenvalue weighted by molar-refractivity contribution is 7.93. The first kappa shape index (κ1) is 27.9. The van der Waals surface area contributed by atoms with E-state index in [1.54, 1.807) is 30.3 Å².